The highest BCUT2D eigenvalue weighted by molar-refractivity contribution is 7.99. The lowest BCUT2D eigenvalue weighted by molar-refractivity contribution is -0.118. The van der Waals surface area contributed by atoms with E-state index in [1.165, 1.54) is 17.3 Å². The summed E-state index contributed by atoms with van der Waals surface area (Å²) in [6.45, 7) is 4.65. The first kappa shape index (κ1) is 21.9. The number of para-hydroxylation sites is 1. The Kier molecular flexibility index (Phi) is 7.07. The lowest BCUT2D eigenvalue weighted by atomic mass is 9.96. The van der Waals surface area contributed by atoms with Crippen molar-refractivity contribution in [1.82, 2.24) is 20.1 Å². The summed E-state index contributed by atoms with van der Waals surface area (Å²) in [6, 6.07) is 22.1. The van der Waals surface area contributed by atoms with Gasteiger partial charge in [0.25, 0.3) is 0 Å². The third-order valence-corrected chi connectivity index (χ3v) is 6.32. The molecule has 2 aromatic carbocycles. The van der Waals surface area contributed by atoms with Gasteiger partial charge < -0.3 is 9.73 Å². The Morgan fingerprint density at radius 1 is 1.06 bits per heavy atom. The second-order valence-electron chi connectivity index (χ2n) is 7.48. The molecule has 164 valence electrons. The van der Waals surface area contributed by atoms with E-state index in [1.54, 1.807) is 6.26 Å². The molecule has 2 aromatic heterocycles. The summed E-state index contributed by atoms with van der Waals surface area (Å²) in [4.78, 5) is 12.6. The average molecular weight is 447 g/mol. The summed E-state index contributed by atoms with van der Waals surface area (Å²) in [5, 5.41) is 12.5. The summed E-state index contributed by atoms with van der Waals surface area (Å²) < 4.78 is 7.43. The first-order valence-corrected chi connectivity index (χ1v) is 11.7. The standard InChI is InChI=1S/C25H26N4O2S/c1-3-19(20-10-6-4-7-11-20)16-26-23(30)17-32-25-28-27-24(22-14-15-31-18(22)2)29(25)21-12-8-5-9-13-21/h4-15,19H,3,16-17H2,1-2H3,(H,26,30)/t19-/m1/s1. The number of amides is 1. The number of carbonyl (C=O) groups is 1. The van der Waals surface area contributed by atoms with Crippen molar-refractivity contribution in [2.45, 2.75) is 31.3 Å². The molecule has 0 aliphatic heterocycles. The molecular weight excluding hydrogens is 420 g/mol. The highest BCUT2D eigenvalue weighted by atomic mass is 32.2. The number of nitrogens with zero attached hydrogens (tertiary/aromatic N) is 3. The summed E-state index contributed by atoms with van der Waals surface area (Å²) in [7, 11) is 0. The largest absolute Gasteiger partial charge is 0.469 e. The van der Waals surface area contributed by atoms with Gasteiger partial charge in [-0.25, -0.2) is 0 Å². The third kappa shape index (κ3) is 4.94. The quantitative estimate of drug-likeness (QED) is 0.356. The lowest BCUT2D eigenvalue weighted by Gasteiger charge is -2.16. The van der Waals surface area contributed by atoms with Gasteiger partial charge in [-0.15, -0.1) is 10.2 Å². The number of rotatable bonds is 9. The third-order valence-electron chi connectivity index (χ3n) is 5.39. The minimum atomic E-state index is -0.0203. The van der Waals surface area contributed by atoms with Crippen molar-refractivity contribution in [3.8, 4) is 17.1 Å². The number of aryl methyl sites for hydroxylation is 1. The Balaban J connectivity index is 1.47. The van der Waals surface area contributed by atoms with E-state index in [-0.39, 0.29) is 11.7 Å². The SMILES string of the molecule is CC[C@H](CNC(=O)CSc1nnc(-c2ccoc2C)n1-c1ccccc1)c1ccccc1. The molecule has 4 rings (SSSR count). The molecule has 0 bridgehead atoms. The minimum absolute atomic E-state index is 0.0203. The van der Waals surface area contributed by atoms with Gasteiger partial charge in [-0.3, -0.25) is 9.36 Å². The molecule has 0 saturated heterocycles. The van der Waals surface area contributed by atoms with Gasteiger partial charge in [0, 0.05) is 18.2 Å². The average Bonchev–Trinajstić information content (AvgIpc) is 3.45. The van der Waals surface area contributed by atoms with E-state index in [1.807, 2.05) is 66.1 Å². The zero-order chi connectivity index (χ0) is 22.3. The van der Waals surface area contributed by atoms with E-state index in [0.717, 1.165) is 23.4 Å². The molecule has 0 radical (unpaired) electrons. The maximum absolute atomic E-state index is 12.6. The molecule has 0 aliphatic carbocycles. The fraction of sp³-hybridized carbons (Fsp3) is 0.240. The van der Waals surface area contributed by atoms with Crippen LogP contribution in [0.3, 0.4) is 0 Å². The number of hydrogen-bond donors (Lipinski definition) is 1. The van der Waals surface area contributed by atoms with Crippen LogP contribution in [0.5, 0.6) is 0 Å². The molecular formula is C25H26N4O2S. The molecule has 6 nitrogen and oxygen atoms in total. The molecule has 1 atom stereocenters. The van der Waals surface area contributed by atoms with E-state index in [2.05, 4.69) is 34.6 Å². The summed E-state index contributed by atoms with van der Waals surface area (Å²) in [6.07, 6.45) is 2.61. The predicted molar refractivity (Wildman–Crippen MR) is 127 cm³/mol. The van der Waals surface area contributed by atoms with Crippen LogP contribution in [0, 0.1) is 6.92 Å². The monoisotopic (exact) mass is 446 g/mol. The predicted octanol–water partition coefficient (Wildman–Crippen LogP) is 5.24. The fourth-order valence-corrected chi connectivity index (χ4v) is 4.39. The van der Waals surface area contributed by atoms with Crippen molar-refractivity contribution in [3.05, 3.63) is 84.3 Å². The van der Waals surface area contributed by atoms with Gasteiger partial charge in [0.2, 0.25) is 5.91 Å². The first-order chi connectivity index (χ1) is 15.7. The molecule has 7 heteroatoms. The fourth-order valence-electron chi connectivity index (χ4n) is 3.61. The Morgan fingerprint density at radius 3 is 2.44 bits per heavy atom. The highest BCUT2D eigenvalue weighted by Gasteiger charge is 2.20. The summed E-state index contributed by atoms with van der Waals surface area (Å²) in [5.74, 6) is 2.01. The van der Waals surface area contributed by atoms with Crippen LogP contribution in [0.15, 0.2) is 82.6 Å². The number of carbonyl (C=O) groups excluding carboxylic acids is 1. The molecule has 32 heavy (non-hydrogen) atoms. The zero-order valence-electron chi connectivity index (χ0n) is 18.2. The Hall–Kier alpha value is -3.32. The molecule has 0 aliphatic rings. The molecule has 1 amide bonds. The van der Waals surface area contributed by atoms with Crippen LogP contribution < -0.4 is 5.32 Å². The summed E-state index contributed by atoms with van der Waals surface area (Å²) >= 11 is 1.38. The van der Waals surface area contributed by atoms with Gasteiger partial charge in [-0.05, 0) is 37.1 Å². The van der Waals surface area contributed by atoms with Crippen LogP contribution in [0.1, 0.15) is 30.6 Å². The van der Waals surface area contributed by atoms with Crippen LogP contribution >= 0.6 is 11.8 Å². The second kappa shape index (κ2) is 10.3. The van der Waals surface area contributed by atoms with Crippen molar-refractivity contribution in [3.63, 3.8) is 0 Å². The molecule has 0 unspecified atom stereocenters. The van der Waals surface area contributed by atoms with Crippen LogP contribution in [0.25, 0.3) is 17.1 Å². The number of hydrogen-bond acceptors (Lipinski definition) is 5. The Bertz CT molecular complexity index is 1160. The van der Waals surface area contributed by atoms with Crippen LogP contribution in [0.2, 0.25) is 0 Å². The minimum Gasteiger partial charge on any atom is -0.469 e. The number of nitrogens with one attached hydrogen (secondary N) is 1. The van der Waals surface area contributed by atoms with Crippen molar-refractivity contribution < 1.29 is 9.21 Å². The van der Waals surface area contributed by atoms with Crippen molar-refractivity contribution >= 4 is 17.7 Å². The maximum atomic E-state index is 12.6. The van der Waals surface area contributed by atoms with Gasteiger partial charge in [-0.2, -0.15) is 0 Å². The van der Waals surface area contributed by atoms with Crippen molar-refractivity contribution in [2.24, 2.45) is 0 Å². The van der Waals surface area contributed by atoms with E-state index in [9.17, 15) is 4.79 Å². The van der Waals surface area contributed by atoms with E-state index < -0.39 is 0 Å². The lowest BCUT2D eigenvalue weighted by Crippen LogP contribution is -2.29. The molecule has 2 heterocycles. The highest BCUT2D eigenvalue weighted by Crippen LogP contribution is 2.30. The van der Waals surface area contributed by atoms with Gasteiger partial charge in [0.1, 0.15) is 5.76 Å². The molecule has 0 spiro atoms. The van der Waals surface area contributed by atoms with Crippen molar-refractivity contribution in [1.29, 1.82) is 0 Å². The van der Waals surface area contributed by atoms with Crippen LogP contribution in [-0.4, -0.2) is 33.0 Å². The molecule has 0 fully saturated rings. The van der Waals surface area contributed by atoms with E-state index in [4.69, 9.17) is 4.42 Å². The van der Waals surface area contributed by atoms with E-state index >= 15 is 0 Å². The number of furan rings is 1. The number of thioether (sulfide) groups is 1. The van der Waals surface area contributed by atoms with Gasteiger partial charge >= 0.3 is 0 Å². The topological polar surface area (TPSA) is 73.0 Å². The van der Waals surface area contributed by atoms with Gasteiger partial charge in [0.15, 0.2) is 11.0 Å². The zero-order valence-corrected chi connectivity index (χ0v) is 19.0. The van der Waals surface area contributed by atoms with Gasteiger partial charge in [-0.1, -0.05) is 67.2 Å². The first-order valence-electron chi connectivity index (χ1n) is 10.7. The Morgan fingerprint density at radius 2 is 1.78 bits per heavy atom. The van der Waals surface area contributed by atoms with Gasteiger partial charge in [0.05, 0.1) is 17.6 Å². The second-order valence-corrected chi connectivity index (χ2v) is 8.42. The smallest absolute Gasteiger partial charge is 0.230 e. The molecule has 0 saturated carbocycles. The molecule has 1 N–H and O–H groups in total. The number of benzene rings is 2. The number of aromatic nitrogens is 3. The Labute approximate surface area is 192 Å². The summed E-state index contributed by atoms with van der Waals surface area (Å²) in [5.41, 5.74) is 3.06. The molecule has 4 aromatic rings. The van der Waals surface area contributed by atoms with Crippen LogP contribution in [-0.2, 0) is 4.79 Å². The normalized spacial score (nSPS) is 11.9. The van der Waals surface area contributed by atoms with Crippen molar-refractivity contribution in [2.75, 3.05) is 12.3 Å². The maximum Gasteiger partial charge on any atom is 0.230 e. The van der Waals surface area contributed by atoms with E-state index in [0.29, 0.717) is 23.4 Å². The van der Waals surface area contributed by atoms with Crippen LogP contribution in [0.4, 0.5) is 0 Å².